The smallest absolute Gasteiger partial charge is 0.309 e. The molecular weight excluding hydrogens is 194 g/mol. The van der Waals surface area contributed by atoms with Crippen LogP contribution in [0.4, 0.5) is 0 Å². The number of carboxylic acid groups (broad SMARTS) is 1. The zero-order valence-electron chi connectivity index (χ0n) is 9.33. The van der Waals surface area contributed by atoms with Crippen LogP contribution >= 0.6 is 0 Å². The molecule has 0 aliphatic heterocycles. The van der Waals surface area contributed by atoms with E-state index in [0.717, 1.165) is 0 Å². The average molecular weight is 211 g/mol. The predicted molar refractivity (Wildman–Crippen MR) is 57.1 cm³/mol. The van der Waals surface area contributed by atoms with Crippen molar-refractivity contribution < 1.29 is 14.7 Å². The van der Waals surface area contributed by atoms with Crippen molar-refractivity contribution in [2.75, 3.05) is 0 Å². The number of hydrogen-bond acceptors (Lipinski definition) is 2. The van der Waals surface area contributed by atoms with Crippen LogP contribution in [0.5, 0.6) is 0 Å². The number of aliphatic carboxylic acids is 1. The number of hydrogen-bond donors (Lipinski definition) is 2. The van der Waals surface area contributed by atoms with Gasteiger partial charge in [0.15, 0.2) is 0 Å². The van der Waals surface area contributed by atoms with Crippen molar-refractivity contribution in [3.63, 3.8) is 0 Å². The van der Waals surface area contributed by atoms with Crippen molar-refractivity contribution in [3.05, 3.63) is 0 Å². The summed E-state index contributed by atoms with van der Waals surface area (Å²) in [6.45, 7) is 4.87. The second kappa shape index (κ2) is 5.40. The van der Waals surface area contributed by atoms with Gasteiger partial charge in [0, 0.05) is 6.42 Å². The summed E-state index contributed by atoms with van der Waals surface area (Å²) in [6, 6.07) is -0.318. The third-order valence-corrected chi connectivity index (χ3v) is 2.13. The molecule has 1 atom stereocenters. The monoisotopic (exact) mass is 211 g/mol. The summed E-state index contributed by atoms with van der Waals surface area (Å²) in [4.78, 5) is 22.2. The highest BCUT2D eigenvalue weighted by Gasteiger charge is 2.30. The van der Waals surface area contributed by atoms with E-state index in [0.29, 0.717) is 6.42 Å². The lowest BCUT2D eigenvalue weighted by Crippen LogP contribution is -2.38. The molecule has 0 saturated heterocycles. The summed E-state index contributed by atoms with van der Waals surface area (Å²) < 4.78 is 0. The first-order chi connectivity index (χ1) is 6.83. The normalized spacial score (nSPS) is 12.7. The molecule has 0 heterocycles. The summed E-state index contributed by atoms with van der Waals surface area (Å²) in [5.41, 5.74) is -1.06. The number of carbonyl (C=O) groups is 2. The Bertz CT molecular complexity index is 289. The molecule has 0 radical (unpaired) electrons. The van der Waals surface area contributed by atoms with E-state index in [2.05, 4.69) is 11.2 Å². The van der Waals surface area contributed by atoms with Crippen LogP contribution in [0.3, 0.4) is 0 Å². The molecule has 15 heavy (non-hydrogen) atoms. The van der Waals surface area contributed by atoms with E-state index >= 15 is 0 Å². The Morgan fingerprint density at radius 2 is 2.07 bits per heavy atom. The van der Waals surface area contributed by atoms with Crippen molar-refractivity contribution >= 4 is 11.9 Å². The summed E-state index contributed by atoms with van der Waals surface area (Å²) in [6.07, 6.45) is 5.74. The fraction of sp³-hybridized carbons (Fsp3) is 0.636. The van der Waals surface area contributed by atoms with Gasteiger partial charge in [-0.3, -0.25) is 9.59 Å². The molecule has 0 aromatic carbocycles. The minimum Gasteiger partial charge on any atom is -0.481 e. The lowest BCUT2D eigenvalue weighted by atomic mass is 9.89. The van der Waals surface area contributed by atoms with Crippen LogP contribution in [-0.2, 0) is 9.59 Å². The molecule has 0 aromatic rings. The maximum absolute atomic E-state index is 11.4. The summed E-state index contributed by atoms with van der Waals surface area (Å²) in [7, 11) is 0. The lowest BCUT2D eigenvalue weighted by Gasteiger charge is -2.19. The number of rotatable bonds is 5. The number of terminal acetylenes is 1. The van der Waals surface area contributed by atoms with Crippen LogP contribution in [0, 0.1) is 17.8 Å². The van der Waals surface area contributed by atoms with E-state index in [1.54, 1.807) is 0 Å². The lowest BCUT2D eigenvalue weighted by molar-refractivity contribution is -0.149. The molecule has 4 heteroatoms. The van der Waals surface area contributed by atoms with Gasteiger partial charge < -0.3 is 10.4 Å². The van der Waals surface area contributed by atoms with Crippen LogP contribution in [0.1, 0.15) is 33.6 Å². The van der Waals surface area contributed by atoms with Crippen molar-refractivity contribution in [2.45, 2.75) is 39.7 Å². The summed E-state index contributed by atoms with van der Waals surface area (Å²) in [5.74, 6) is 1.10. The van der Waals surface area contributed by atoms with Crippen LogP contribution in [-0.4, -0.2) is 23.0 Å². The van der Waals surface area contributed by atoms with E-state index in [1.165, 1.54) is 13.8 Å². The largest absolute Gasteiger partial charge is 0.481 e. The average Bonchev–Trinajstić information content (AvgIpc) is 2.13. The van der Waals surface area contributed by atoms with Gasteiger partial charge in [0.2, 0.25) is 5.91 Å². The Hall–Kier alpha value is -1.50. The molecule has 4 nitrogen and oxygen atoms in total. The predicted octanol–water partition coefficient (Wildman–Crippen LogP) is 1.02. The number of amides is 1. The molecular formula is C11H17NO3. The zero-order valence-corrected chi connectivity index (χ0v) is 9.33. The first-order valence-corrected chi connectivity index (χ1v) is 4.82. The molecule has 2 N–H and O–H groups in total. The Morgan fingerprint density at radius 1 is 1.53 bits per heavy atom. The highest BCUT2D eigenvalue weighted by atomic mass is 16.4. The number of carbonyl (C=O) groups excluding carboxylic acids is 1. The zero-order chi connectivity index (χ0) is 12.1. The standard InChI is InChI=1S/C11H17NO3/c1-5-8(6-2)12-9(13)7-11(3,4)10(14)15/h1,8H,6-7H2,2-4H3,(H,12,13)(H,14,15). The fourth-order valence-electron chi connectivity index (χ4n) is 0.984. The maximum atomic E-state index is 11.4. The van der Waals surface area contributed by atoms with E-state index in [9.17, 15) is 9.59 Å². The van der Waals surface area contributed by atoms with E-state index < -0.39 is 11.4 Å². The SMILES string of the molecule is C#CC(CC)NC(=O)CC(C)(C)C(=O)O. The molecule has 0 aliphatic rings. The van der Waals surface area contributed by atoms with Gasteiger partial charge in [0.1, 0.15) is 0 Å². The van der Waals surface area contributed by atoms with Crippen LogP contribution in [0.15, 0.2) is 0 Å². The van der Waals surface area contributed by atoms with Crippen molar-refractivity contribution in [2.24, 2.45) is 5.41 Å². The number of nitrogens with one attached hydrogen (secondary N) is 1. The second-order valence-electron chi connectivity index (χ2n) is 4.06. The fourth-order valence-corrected chi connectivity index (χ4v) is 0.984. The molecule has 0 fully saturated rings. The van der Waals surface area contributed by atoms with Crippen molar-refractivity contribution in [1.82, 2.24) is 5.32 Å². The van der Waals surface area contributed by atoms with Gasteiger partial charge in [-0.05, 0) is 20.3 Å². The minimum atomic E-state index is -1.06. The topological polar surface area (TPSA) is 66.4 Å². The second-order valence-corrected chi connectivity index (χ2v) is 4.06. The highest BCUT2D eigenvalue weighted by Crippen LogP contribution is 2.20. The third kappa shape index (κ3) is 4.50. The van der Waals surface area contributed by atoms with Crippen LogP contribution in [0.2, 0.25) is 0 Å². The van der Waals surface area contributed by atoms with Crippen molar-refractivity contribution in [3.8, 4) is 12.3 Å². The molecule has 0 bridgehead atoms. The van der Waals surface area contributed by atoms with Gasteiger partial charge >= 0.3 is 5.97 Å². The summed E-state index contributed by atoms with van der Waals surface area (Å²) in [5, 5.41) is 11.4. The third-order valence-electron chi connectivity index (χ3n) is 2.13. The summed E-state index contributed by atoms with van der Waals surface area (Å²) >= 11 is 0. The van der Waals surface area contributed by atoms with Gasteiger partial charge in [-0.1, -0.05) is 12.8 Å². The van der Waals surface area contributed by atoms with Gasteiger partial charge in [-0.15, -0.1) is 6.42 Å². The first kappa shape index (κ1) is 13.5. The van der Waals surface area contributed by atoms with Gasteiger partial charge in [0.25, 0.3) is 0 Å². The molecule has 1 unspecified atom stereocenters. The molecule has 0 aliphatic carbocycles. The van der Waals surface area contributed by atoms with Crippen LogP contribution in [0.25, 0.3) is 0 Å². The molecule has 0 saturated carbocycles. The van der Waals surface area contributed by atoms with E-state index in [1.807, 2.05) is 6.92 Å². The Morgan fingerprint density at radius 3 is 2.40 bits per heavy atom. The quantitative estimate of drug-likeness (QED) is 0.667. The minimum absolute atomic E-state index is 0.0689. The molecule has 0 spiro atoms. The van der Waals surface area contributed by atoms with Crippen molar-refractivity contribution in [1.29, 1.82) is 0 Å². The van der Waals surface area contributed by atoms with Crippen LogP contribution < -0.4 is 5.32 Å². The van der Waals surface area contributed by atoms with E-state index in [4.69, 9.17) is 11.5 Å². The Kier molecular flexibility index (Phi) is 4.86. The van der Waals surface area contributed by atoms with Gasteiger partial charge in [-0.25, -0.2) is 0 Å². The maximum Gasteiger partial charge on any atom is 0.309 e. The molecule has 0 rings (SSSR count). The van der Waals surface area contributed by atoms with Gasteiger partial charge in [-0.2, -0.15) is 0 Å². The number of carboxylic acids is 1. The Labute approximate surface area is 90.1 Å². The van der Waals surface area contributed by atoms with E-state index in [-0.39, 0.29) is 18.4 Å². The molecule has 0 aromatic heterocycles. The highest BCUT2D eigenvalue weighted by molar-refractivity contribution is 5.84. The van der Waals surface area contributed by atoms with Gasteiger partial charge in [0.05, 0.1) is 11.5 Å². The Balaban J connectivity index is 4.27. The first-order valence-electron chi connectivity index (χ1n) is 4.82. The molecule has 84 valence electrons. The molecule has 1 amide bonds.